The van der Waals surface area contributed by atoms with Crippen LogP contribution in [0.2, 0.25) is 0 Å². The van der Waals surface area contributed by atoms with Crippen molar-refractivity contribution >= 4 is 17.2 Å². The lowest BCUT2D eigenvalue weighted by molar-refractivity contribution is -0.120. The van der Waals surface area contributed by atoms with Gasteiger partial charge in [0.25, 0.3) is 0 Å². The molecule has 0 aliphatic rings. The van der Waals surface area contributed by atoms with Crippen LogP contribution in [0.4, 0.5) is 0 Å². The van der Waals surface area contributed by atoms with Gasteiger partial charge in [-0.1, -0.05) is 0 Å². The lowest BCUT2D eigenvalue weighted by atomic mass is 10.1. The SMILES string of the molecule is Cc1csc(CCNC(=O)CNC(C)(C)C)n1. The van der Waals surface area contributed by atoms with Gasteiger partial charge in [-0.25, -0.2) is 4.98 Å². The lowest BCUT2D eigenvalue weighted by Gasteiger charge is -2.19. The second kappa shape index (κ2) is 6.12. The topological polar surface area (TPSA) is 54.0 Å². The van der Waals surface area contributed by atoms with Crippen molar-refractivity contribution in [3.05, 3.63) is 16.1 Å². The Hall–Kier alpha value is -0.940. The third-order valence-electron chi connectivity index (χ3n) is 2.11. The molecule has 0 atom stereocenters. The van der Waals surface area contributed by atoms with Gasteiger partial charge in [0.2, 0.25) is 5.91 Å². The van der Waals surface area contributed by atoms with Crippen molar-refractivity contribution < 1.29 is 4.79 Å². The van der Waals surface area contributed by atoms with E-state index in [0.29, 0.717) is 13.1 Å². The monoisotopic (exact) mass is 255 g/mol. The molecular formula is C12H21N3OS. The van der Waals surface area contributed by atoms with Gasteiger partial charge in [0.1, 0.15) is 0 Å². The Bertz CT molecular complexity index is 368. The van der Waals surface area contributed by atoms with Crippen LogP contribution in [0.3, 0.4) is 0 Å². The summed E-state index contributed by atoms with van der Waals surface area (Å²) in [6.07, 6.45) is 0.805. The van der Waals surface area contributed by atoms with Crippen LogP contribution in [0, 0.1) is 6.92 Å². The first-order valence-electron chi connectivity index (χ1n) is 5.79. The van der Waals surface area contributed by atoms with Crippen LogP contribution >= 0.6 is 11.3 Å². The second-order valence-electron chi connectivity index (χ2n) is 5.09. The van der Waals surface area contributed by atoms with Crippen molar-refractivity contribution in [1.82, 2.24) is 15.6 Å². The van der Waals surface area contributed by atoms with Crippen molar-refractivity contribution in [2.45, 2.75) is 39.7 Å². The molecule has 0 aromatic carbocycles. The molecule has 0 spiro atoms. The fraction of sp³-hybridized carbons (Fsp3) is 0.667. The number of nitrogens with zero attached hydrogens (tertiary/aromatic N) is 1. The average molecular weight is 255 g/mol. The van der Waals surface area contributed by atoms with Crippen LogP contribution < -0.4 is 10.6 Å². The number of thiazole rings is 1. The van der Waals surface area contributed by atoms with E-state index >= 15 is 0 Å². The summed E-state index contributed by atoms with van der Waals surface area (Å²) in [5.74, 6) is 0.0354. The number of hydrogen-bond acceptors (Lipinski definition) is 4. The Morgan fingerprint density at radius 3 is 2.71 bits per heavy atom. The van der Waals surface area contributed by atoms with Crippen LogP contribution in [0.1, 0.15) is 31.5 Å². The predicted molar refractivity (Wildman–Crippen MR) is 71.3 cm³/mol. The Morgan fingerprint density at radius 1 is 1.47 bits per heavy atom. The molecule has 0 bridgehead atoms. The van der Waals surface area contributed by atoms with E-state index in [-0.39, 0.29) is 11.4 Å². The highest BCUT2D eigenvalue weighted by molar-refractivity contribution is 7.09. The van der Waals surface area contributed by atoms with Crippen LogP contribution in [0.25, 0.3) is 0 Å². The maximum atomic E-state index is 11.5. The maximum absolute atomic E-state index is 11.5. The first-order valence-corrected chi connectivity index (χ1v) is 6.67. The minimum Gasteiger partial charge on any atom is -0.355 e. The Balaban J connectivity index is 2.16. The molecule has 5 heteroatoms. The van der Waals surface area contributed by atoms with Gasteiger partial charge < -0.3 is 10.6 Å². The molecule has 4 nitrogen and oxygen atoms in total. The van der Waals surface area contributed by atoms with E-state index < -0.39 is 0 Å². The third kappa shape index (κ3) is 6.38. The molecule has 0 fully saturated rings. The maximum Gasteiger partial charge on any atom is 0.233 e. The van der Waals surface area contributed by atoms with E-state index in [4.69, 9.17) is 0 Å². The summed E-state index contributed by atoms with van der Waals surface area (Å²) in [6, 6.07) is 0. The van der Waals surface area contributed by atoms with Crippen LogP contribution in [0.5, 0.6) is 0 Å². The molecule has 1 amide bonds. The minimum atomic E-state index is -0.0240. The normalized spacial score (nSPS) is 11.5. The highest BCUT2D eigenvalue weighted by atomic mass is 32.1. The predicted octanol–water partition coefficient (Wildman–Crippen LogP) is 1.50. The van der Waals surface area contributed by atoms with Gasteiger partial charge in [0.05, 0.1) is 11.6 Å². The summed E-state index contributed by atoms with van der Waals surface area (Å²) in [6.45, 7) is 9.11. The van der Waals surface area contributed by atoms with Crippen LogP contribution in [0.15, 0.2) is 5.38 Å². The molecule has 0 saturated carbocycles. The average Bonchev–Trinajstić information content (AvgIpc) is 2.60. The zero-order chi connectivity index (χ0) is 12.9. The molecule has 96 valence electrons. The smallest absolute Gasteiger partial charge is 0.233 e. The van der Waals surface area contributed by atoms with Crippen molar-refractivity contribution in [3.8, 4) is 0 Å². The van der Waals surface area contributed by atoms with E-state index in [1.165, 1.54) is 0 Å². The second-order valence-corrected chi connectivity index (χ2v) is 6.03. The van der Waals surface area contributed by atoms with Crippen molar-refractivity contribution in [2.24, 2.45) is 0 Å². The number of hydrogen-bond donors (Lipinski definition) is 2. The molecule has 2 N–H and O–H groups in total. The lowest BCUT2D eigenvalue weighted by Crippen LogP contribution is -2.43. The summed E-state index contributed by atoms with van der Waals surface area (Å²) in [5.41, 5.74) is 1.02. The largest absolute Gasteiger partial charge is 0.355 e. The van der Waals surface area contributed by atoms with Gasteiger partial charge >= 0.3 is 0 Å². The summed E-state index contributed by atoms with van der Waals surface area (Å²) >= 11 is 1.64. The molecule has 1 aromatic rings. The quantitative estimate of drug-likeness (QED) is 0.838. The van der Waals surface area contributed by atoms with E-state index in [1.54, 1.807) is 11.3 Å². The zero-order valence-electron chi connectivity index (χ0n) is 11.0. The fourth-order valence-electron chi connectivity index (χ4n) is 1.23. The molecule has 0 aliphatic carbocycles. The van der Waals surface area contributed by atoms with Gasteiger partial charge in [0, 0.05) is 29.6 Å². The first kappa shape index (κ1) is 14.1. The third-order valence-corrected chi connectivity index (χ3v) is 3.13. The highest BCUT2D eigenvalue weighted by Crippen LogP contribution is 2.08. The molecule has 1 heterocycles. The summed E-state index contributed by atoms with van der Waals surface area (Å²) in [5, 5.41) is 9.13. The van der Waals surface area contributed by atoms with Crippen molar-refractivity contribution in [2.75, 3.05) is 13.1 Å². The molecule has 1 aromatic heterocycles. The van der Waals surface area contributed by atoms with E-state index in [9.17, 15) is 4.79 Å². The molecule has 0 unspecified atom stereocenters. The number of nitrogens with one attached hydrogen (secondary N) is 2. The molecule has 0 radical (unpaired) electrons. The first-order chi connectivity index (χ1) is 7.87. The molecule has 1 rings (SSSR count). The molecule has 17 heavy (non-hydrogen) atoms. The summed E-state index contributed by atoms with van der Waals surface area (Å²) < 4.78 is 0. The van der Waals surface area contributed by atoms with Gasteiger partial charge in [0.15, 0.2) is 0 Å². The molecule has 0 saturated heterocycles. The van der Waals surface area contributed by atoms with Crippen molar-refractivity contribution in [1.29, 1.82) is 0 Å². The van der Waals surface area contributed by atoms with Crippen LogP contribution in [-0.2, 0) is 11.2 Å². The van der Waals surface area contributed by atoms with Gasteiger partial charge in [-0.15, -0.1) is 11.3 Å². The van der Waals surface area contributed by atoms with E-state index in [0.717, 1.165) is 17.1 Å². The molecule has 0 aliphatic heterocycles. The van der Waals surface area contributed by atoms with Crippen molar-refractivity contribution in [3.63, 3.8) is 0 Å². The number of carbonyl (C=O) groups is 1. The highest BCUT2D eigenvalue weighted by Gasteiger charge is 2.10. The number of carbonyl (C=O) groups excluding carboxylic acids is 1. The zero-order valence-corrected chi connectivity index (χ0v) is 11.8. The van der Waals surface area contributed by atoms with Crippen LogP contribution in [-0.4, -0.2) is 29.5 Å². The Kier molecular flexibility index (Phi) is 5.08. The number of aromatic nitrogens is 1. The van der Waals surface area contributed by atoms with E-state index in [1.807, 2.05) is 33.1 Å². The fourth-order valence-corrected chi connectivity index (χ4v) is 2.01. The van der Waals surface area contributed by atoms with Gasteiger partial charge in [-0.2, -0.15) is 0 Å². The Morgan fingerprint density at radius 2 is 2.18 bits per heavy atom. The Labute approximate surface area is 107 Å². The minimum absolute atomic E-state index is 0.0240. The van der Waals surface area contributed by atoms with Gasteiger partial charge in [-0.3, -0.25) is 4.79 Å². The number of amides is 1. The number of rotatable bonds is 5. The standard InChI is InChI=1S/C12H21N3OS/c1-9-8-17-11(15-9)5-6-13-10(16)7-14-12(2,3)4/h8,14H,5-7H2,1-4H3,(H,13,16). The summed E-state index contributed by atoms with van der Waals surface area (Å²) in [7, 11) is 0. The van der Waals surface area contributed by atoms with Gasteiger partial charge in [-0.05, 0) is 27.7 Å². The summed E-state index contributed by atoms with van der Waals surface area (Å²) in [4.78, 5) is 15.8. The molecular weight excluding hydrogens is 234 g/mol. The number of aryl methyl sites for hydroxylation is 1. The van der Waals surface area contributed by atoms with E-state index in [2.05, 4.69) is 15.6 Å².